The Balaban J connectivity index is 2.47. The maximum Gasteiger partial charge on any atom is 0.224 e. The third-order valence-corrected chi connectivity index (χ3v) is 1.82. The molecule has 0 unspecified atom stereocenters. The molecule has 1 aromatic rings. The lowest BCUT2D eigenvalue weighted by molar-refractivity contribution is -0.116. The molecule has 3 N–H and O–H groups in total. The van der Waals surface area contributed by atoms with Crippen LogP contribution in [-0.4, -0.2) is 17.4 Å². The van der Waals surface area contributed by atoms with Gasteiger partial charge in [0.15, 0.2) is 0 Å². The van der Waals surface area contributed by atoms with Gasteiger partial charge in [0.25, 0.3) is 0 Å². The van der Waals surface area contributed by atoms with Crippen molar-refractivity contribution in [2.45, 2.75) is 12.8 Å². The monoisotopic (exact) mass is 213 g/mol. The van der Waals surface area contributed by atoms with E-state index in [1.165, 1.54) is 0 Å². The van der Waals surface area contributed by atoms with Gasteiger partial charge in [-0.3, -0.25) is 4.79 Å². The zero-order valence-corrected chi connectivity index (χ0v) is 8.42. The van der Waals surface area contributed by atoms with Crippen molar-refractivity contribution in [3.63, 3.8) is 0 Å². The topological polar surface area (TPSA) is 68.0 Å². The van der Waals surface area contributed by atoms with E-state index in [2.05, 4.69) is 10.3 Å². The highest BCUT2D eigenvalue weighted by Crippen LogP contribution is 2.12. The maximum absolute atomic E-state index is 11.3. The summed E-state index contributed by atoms with van der Waals surface area (Å²) in [4.78, 5) is 15.1. The second kappa shape index (κ2) is 5.57. The van der Waals surface area contributed by atoms with E-state index < -0.39 is 0 Å². The number of amides is 1. The molecule has 0 aromatic carbocycles. The van der Waals surface area contributed by atoms with Crippen molar-refractivity contribution in [3.8, 4) is 0 Å². The normalized spacial score (nSPS) is 9.86. The number of nitrogens with one attached hydrogen (secondary N) is 1. The molecule has 0 saturated heterocycles. The lowest BCUT2D eigenvalue weighted by atomic mass is 10.3. The molecule has 1 rings (SSSR count). The third kappa shape index (κ3) is 3.72. The largest absolute Gasteiger partial charge is 0.330 e. The molecule has 0 aliphatic carbocycles. The predicted molar refractivity (Wildman–Crippen MR) is 56.2 cm³/mol. The molecule has 0 spiro atoms. The second-order valence-corrected chi connectivity index (χ2v) is 3.19. The number of hydrogen-bond donors (Lipinski definition) is 2. The van der Waals surface area contributed by atoms with E-state index in [1.54, 1.807) is 18.3 Å². The molecule has 5 heteroatoms. The second-order valence-electron chi connectivity index (χ2n) is 2.81. The zero-order valence-electron chi connectivity index (χ0n) is 7.66. The van der Waals surface area contributed by atoms with Gasteiger partial charge in [-0.05, 0) is 25.1 Å². The average molecular weight is 214 g/mol. The quantitative estimate of drug-likeness (QED) is 0.744. The van der Waals surface area contributed by atoms with E-state index in [1.807, 2.05) is 0 Å². The molecule has 0 saturated carbocycles. The smallest absolute Gasteiger partial charge is 0.224 e. The van der Waals surface area contributed by atoms with Crippen LogP contribution in [0.3, 0.4) is 0 Å². The van der Waals surface area contributed by atoms with E-state index in [4.69, 9.17) is 17.3 Å². The van der Waals surface area contributed by atoms with E-state index >= 15 is 0 Å². The van der Waals surface area contributed by atoms with Crippen LogP contribution in [0, 0.1) is 0 Å². The standard InChI is InChI=1S/C9H12ClN3O/c10-8-6-7(3-5-12-8)13-9(14)2-1-4-11/h3,5-6H,1-2,4,11H2,(H,12,13,14). The Morgan fingerprint density at radius 1 is 1.64 bits per heavy atom. The zero-order chi connectivity index (χ0) is 10.4. The summed E-state index contributed by atoms with van der Waals surface area (Å²) in [7, 11) is 0. The molecule has 0 radical (unpaired) electrons. The lowest BCUT2D eigenvalue weighted by Crippen LogP contribution is -2.13. The van der Waals surface area contributed by atoms with Crippen molar-refractivity contribution in [1.82, 2.24) is 4.98 Å². The number of halogens is 1. The third-order valence-electron chi connectivity index (χ3n) is 1.62. The molecule has 0 bridgehead atoms. The lowest BCUT2D eigenvalue weighted by Gasteiger charge is -2.03. The molecular weight excluding hydrogens is 202 g/mol. The summed E-state index contributed by atoms with van der Waals surface area (Å²) in [5, 5.41) is 3.06. The Hall–Kier alpha value is -1.13. The molecule has 1 heterocycles. The predicted octanol–water partition coefficient (Wildman–Crippen LogP) is 1.41. The molecule has 1 aromatic heterocycles. The Morgan fingerprint density at radius 3 is 3.07 bits per heavy atom. The van der Waals surface area contributed by atoms with Crippen molar-refractivity contribution >= 4 is 23.2 Å². The number of anilines is 1. The molecule has 0 aliphatic rings. The van der Waals surface area contributed by atoms with Crippen LogP contribution in [0.1, 0.15) is 12.8 Å². The van der Waals surface area contributed by atoms with Gasteiger partial charge in [-0.2, -0.15) is 0 Å². The van der Waals surface area contributed by atoms with E-state index in [0.29, 0.717) is 30.2 Å². The molecule has 0 aliphatic heterocycles. The van der Waals surface area contributed by atoms with Crippen molar-refractivity contribution in [1.29, 1.82) is 0 Å². The number of pyridine rings is 1. The summed E-state index contributed by atoms with van der Waals surface area (Å²) in [5.74, 6) is -0.0577. The average Bonchev–Trinajstić information content (AvgIpc) is 2.15. The Bertz CT molecular complexity index is 317. The highest BCUT2D eigenvalue weighted by molar-refractivity contribution is 6.29. The van der Waals surface area contributed by atoms with Gasteiger partial charge in [0.1, 0.15) is 5.15 Å². The summed E-state index contributed by atoms with van der Waals surface area (Å²) >= 11 is 5.65. The Labute approximate surface area is 87.5 Å². The van der Waals surface area contributed by atoms with Gasteiger partial charge in [-0.15, -0.1) is 0 Å². The SMILES string of the molecule is NCCCC(=O)Nc1ccnc(Cl)c1. The minimum atomic E-state index is -0.0577. The first kappa shape index (κ1) is 10.9. The van der Waals surface area contributed by atoms with Crippen molar-refractivity contribution in [3.05, 3.63) is 23.5 Å². The molecule has 1 amide bonds. The highest BCUT2D eigenvalue weighted by atomic mass is 35.5. The fourth-order valence-electron chi connectivity index (χ4n) is 0.966. The molecule has 0 fully saturated rings. The van der Waals surface area contributed by atoms with Crippen LogP contribution in [0.5, 0.6) is 0 Å². The van der Waals surface area contributed by atoms with Crippen LogP contribution in [0.25, 0.3) is 0 Å². The minimum Gasteiger partial charge on any atom is -0.330 e. The number of carbonyl (C=O) groups is 1. The van der Waals surface area contributed by atoms with E-state index in [9.17, 15) is 4.79 Å². The number of nitrogens with two attached hydrogens (primary N) is 1. The summed E-state index contributed by atoms with van der Waals surface area (Å²) in [5.41, 5.74) is 5.94. The van der Waals surface area contributed by atoms with Crippen LogP contribution in [0.4, 0.5) is 5.69 Å². The molecule has 14 heavy (non-hydrogen) atoms. The number of nitrogens with zero attached hydrogens (tertiary/aromatic N) is 1. The van der Waals surface area contributed by atoms with Gasteiger partial charge < -0.3 is 11.1 Å². The first-order chi connectivity index (χ1) is 6.72. The Kier molecular flexibility index (Phi) is 4.35. The van der Waals surface area contributed by atoms with Gasteiger partial charge in [0, 0.05) is 18.3 Å². The Morgan fingerprint density at radius 2 is 2.43 bits per heavy atom. The number of carbonyl (C=O) groups excluding carboxylic acids is 1. The van der Waals surface area contributed by atoms with Gasteiger partial charge in [-0.25, -0.2) is 4.98 Å². The van der Waals surface area contributed by atoms with Gasteiger partial charge in [0.2, 0.25) is 5.91 Å². The van der Waals surface area contributed by atoms with Crippen LogP contribution in [0.15, 0.2) is 18.3 Å². The molecule has 76 valence electrons. The summed E-state index contributed by atoms with van der Waals surface area (Å²) in [6.45, 7) is 0.518. The first-order valence-corrected chi connectivity index (χ1v) is 4.71. The van der Waals surface area contributed by atoms with Crippen LogP contribution >= 0.6 is 11.6 Å². The number of rotatable bonds is 4. The minimum absolute atomic E-state index is 0.0577. The van der Waals surface area contributed by atoms with Crippen molar-refractivity contribution in [2.75, 3.05) is 11.9 Å². The summed E-state index contributed by atoms with van der Waals surface area (Å²) in [6, 6.07) is 3.29. The molecule has 4 nitrogen and oxygen atoms in total. The van der Waals surface area contributed by atoms with Crippen LogP contribution in [-0.2, 0) is 4.79 Å². The molecule has 0 atom stereocenters. The fraction of sp³-hybridized carbons (Fsp3) is 0.333. The van der Waals surface area contributed by atoms with Gasteiger partial charge >= 0.3 is 0 Å². The molecular formula is C9H12ClN3O. The van der Waals surface area contributed by atoms with Gasteiger partial charge in [-0.1, -0.05) is 11.6 Å². The van der Waals surface area contributed by atoms with Crippen LogP contribution in [0.2, 0.25) is 5.15 Å². The summed E-state index contributed by atoms with van der Waals surface area (Å²) < 4.78 is 0. The van der Waals surface area contributed by atoms with Gasteiger partial charge in [0.05, 0.1) is 0 Å². The fourth-order valence-corrected chi connectivity index (χ4v) is 1.14. The first-order valence-electron chi connectivity index (χ1n) is 4.34. The van der Waals surface area contributed by atoms with Crippen LogP contribution < -0.4 is 11.1 Å². The van der Waals surface area contributed by atoms with E-state index in [0.717, 1.165) is 0 Å². The van der Waals surface area contributed by atoms with Crippen molar-refractivity contribution in [2.24, 2.45) is 5.73 Å². The number of aromatic nitrogens is 1. The summed E-state index contributed by atoms with van der Waals surface area (Å²) in [6.07, 6.45) is 2.65. The van der Waals surface area contributed by atoms with E-state index in [-0.39, 0.29) is 5.91 Å². The maximum atomic E-state index is 11.3. The number of hydrogen-bond acceptors (Lipinski definition) is 3. The highest BCUT2D eigenvalue weighted by Gasteiger charge is 2.01. The van der Waals surface area contributed by atoms with Crippen molar-refractivity contribution < 1.29 is 4.79 Å².